The summed E-state index contributed by atoms with van der Waals surface area (Å²) in [7, 11) is 0. The second-order valence-electron chi connectivity index (χ2n) is 6.41. The van der Waals surface area contributed by atoms with E-state index in [4.69, 9.17) is 11.6 Å². The number of benzene rings is 1. The number of rotatable bonds is 7. The second-order valence-corrected chi connectivity index (χ2v) is 6.84. The van der Waals surface area contributed by atoms with Gasteiger partial charge in [-0.05, 0) is 31.0 Å². The van der Waals surface area contributed by atoms with Gasteiger partial charge in [0.15, 0.2) is 0 Å². The first-order valence-corrected chi connectivity index (χ1v) is 9.44. The van der Waals surface area contributed by atoms with Crippen LogP contribution in [0.25, 0.3) is 0 Å². The molecule has 0 spiro atoms. The molecule has 6 nitrogen and oxygen atoms in total. The van der Waals surface area contributed by atoms with Gasteiger partial charge >= 0.3 is 0 Å². The highest BCUT2D eigenvalue weighted by Crippen LogP contribution is 2.20. The molecule has 0 atom stereocenters. The van der Waals surface area contributed by atoms with E-state index in [0.29, 0.717) is 44.0 Å². The summed E-state index contributed by atoms with van der Waals surface area (Å²) in [6.07, 6.45) is 1.25. The van der Waals surface area contributed by atoms with Crippen molar-refractivity contribution in [3.63, 3.8) is 0 Å². The third-order valence-corrected chi connectivity index (χ3v) is 5.02. The number of piperazine rings is 1. The average Bonchev–Trinajstić information content (AvgIpc) is 2.66. The highest BCUT2D eigenvalue weighted by atomic mass is 35.5. The summed E-state index contributed by atoms with van der Waals surface area (Å²) in [5.41, 5.74) is 1.04. The molecule has 1 heterocycles. The molecular weight excluding hydrogens is 354 g/mol. The van der Waals surface area contributed by atoms with Crippen LogP contribution < -0.4 is 10.2 Å². The molecule has 0 aliphatic carbocycles. The smallest absolute Gasteiger partial charge is 0.288 e. The van der Waals surface area contributed by atoms with Crippen LogP contribution >= 0.6 is 11.6 Å². The number of carbonyl (C=O) groups is 3. The summed E-state index contributed by atoms with van der Waals surface area (Å²) in [4.78, 5) is 40.0. The van der Waals surface area contributed by atoms with Gasteiger partial charge in [-0.2, -0.15) is 0 Å². The Kier molecular flexibility index (Phi) is 7.45. The fourth-order valence-electron chi connectivity index (χ4n) is 3.09. The lowest BCUT2D eigenvalue weighted by molar-refractivity contribution is -0.141. The molecule has 1 fully saturated rings. The first-order chi connectivity index (χ1) is 12.5. The van der Waals surface area contributed by atoms with Crippen molar-refractivity contribution >= 4 is 34.9 Å². The Morgan fingerprint density at radius 3 is 2.35 bits per heavy atom. The molecule has 0 unspecified atom stereocenters. The molecule has 1 aliphatic rings. The van der Waals surface area contributed by atoms with Crippen LogP contribution in [0.15, 0.2) is 24.3 Å². The molecule has 2 amide bonds. The Hall–Kier alpha value is -2.08. The van der Waals surface area contributed by atoms with Gasteiger partial charge in [0.1, 0.15) is 0 Å². The van der Waals surface area contributed by atoms with Gasteiger partial charge in [-0.15, -0.1) is 0 Å². The third-order valence-electron chi connectivity index (χ3n) is 4.79. The Bertz CT molecular complexity index is 653. The second kappa shape index (κ2) is 9.57. The summed E-state index contributed by atoms with van der Waals surface area (Å²) in [5, 5.41) is 3.15. The van der Waals surface area contributed by atoms with Crippen LogP contribution in [0, 0.1) is 5.92 Å². The number of nitrogens with one attached hydrogen (secondary N) is 1. The van der Waals surface area contributed by atoms with Crippen molar-refractivity contribution in [2.24, 2.45) is 5.92 Å². The van der Waals surface area contributed by atoms with E-state index in [1.165, 1.54) is 0 Å². The number of carbonyl (C=O) groups excluding carboxylic acids is 3. The van der Waals surface area contributed by atoms with Crippen molar-refractivity contribution in [3.05, 3.63) is 29.3 Å². The fraction of sp³-hybridized carbons (Fsp3) is 0.526. The van der Waals surface area contributed by atoms with Crippen LogP contribution in [0.3, 0.4) is 0 Å². The van der Waals surface area contributed by atoms with Gasteiger partial charge < -0.3 is 15.1 Å². The van der Waals surface area contributed by atoms with Crippen LogP contribution in [0.1, 0.15) is 26.7 Å². The molecule has 0 bridgehead atoms. The minimum atomic E-state index is -0.662. The van der Waals surface area contributed by atoms with Gasteiger partial charge in [0.2, 0.25) is 11.7 Å². The van der Waals surface area contributed by atoms with E-state index in [1.807, 2.05) is 38.1 Å². The largest absolute Gasteiger partial charge is 0.368 e. The predicted molar refractivity (Wildman–Crippen MR) is 102 cm³/mol. The maximum atomic E-state index is 12.3. The molecule has 1 N–H and O–H groups in total. The Morgan fingerprint density at radius 2 is 1.77 bits per heavy atom. The Labute approximate surface area is 159 Å². The maximum Gasteiger partial charge on any atom is 0.288 e. The molecular formula is C19H26ClN3O3. The highest BCUT2D eigenvalue weighted by Gasteiger charge is 2.25. The summed E-state index contributed by atoms with van der Waals surface area (Å²) in [6, 6.07) is 7.63. The fourth-order valence-corrected chi connectivity index (χ4v) is 3.27. The first-order valence-electron chi connectivity index (χ1n) is 9.06. The standard InChI is InChI=1S/C19H26ClN3O3/c1-3-14(4-2)18(25)19(26)21-13-17(24)23-10-8-22(9-11-23)16-7-5-6-15(20)12-16/h5-7,12,14H,3-4,8-11,13H2,1-2H3,(H,21,26). The molecule has 1 aromatic carbocycles. The van der Waals surface area contributed by atoms with Crippen molar-refractivity contribution in [2.45, 2.75) is 26.7 Å². The molecule has 142 valence electrons. The van der Waals surface area contributed by atoms with E-state index in [-0.39, 0.29) is 18.4 Å². The number of anilines is 1. The van der Waals surface area contributed by atoms with Crippen LogP contribution in [-0.2, 0) is 14.4 Å². The molecule has 0 radical (unpaired) electrons. The zero-order valence-corrected chi connectivity index (χ0v) is 16.1. The first kappa shape index (κ1) is 20.2. The van der Waals surface area contributed by atoms with Crippen LogP contribution in [0.5, 0.6) is 0 Å². The SMILES string of the molecule is CCC(CC)C(=O)C(=O)NCC(=O)N1CCN(c2cccc(Cl)c2)CC1. The van der Waals surface area contributed by atoms with E-state index >= 15 is 0 Å². The van der Waals surface area contributed by atoms with Gasteiger partial charge in [0.05, 0.1) is 6.54 Å². The number of hydrogen-bond acceptors (Lipinski definition) is 4. The summed E-state index contributed by atoms with van der Waals surface area (Å²) < 4.78 is 0. The number of Topliss-reactive ketones (excluding diaryl/α,β-unsaturated/α-hetero) is 1. The van der Waals surface area contributed by atoms with Gasteiger partial charge in [-0.1, -0.05) is 31.5 Å². The molecule has 1 saturated heterocycles. The van der Waals surface area contributed by atoms with Gasteiger partial charge in [0, 0.05) is 42.8 Å². The zero-order valence-electron chi connectivity index (χ0n) is 15.3. The summed E-state index contributed by atoms with van der Waals surface area (Å²) in [6.45, 7) is 6.17. The van der Waals surface area contributed by atoms with E-state index in [1.54, 1.807) is 4.90 Å². The molecule has 26 heavy (non-hydrogen) atoms. The highest BCUT2D eigenvalue weighted by molar-refractivity contribution is 6.37. The Balaban J connectivity index is 1.79. The van der Waals surface area contributed by atoms with Crippen molar-refractivity contribution in [1.29, 1.82) is 0 Å². The van der Waals surface area contributed by atoms with Gasteiger partial charge in [-0.3, -0.25) is 14.4 Å². The lowest BCUT2D eigenvalue weighted by Gasteiger charge is -2.36. The van der Waals surface area contributed by atoms with E-state index < -0.39 is 11.7 Å². The van der Waals surface area contributed by atoms with Crippen molar-refractivity contribution < 1.29 is 14.4 Å². The minimum absolute atomic E-state index is 0.137. The normalized spacial score (nSPS) is 14.5. The third kappa shape index (κ3) is 5.21. The van der Waals surface area contributed by atoms with Gasteiger partial charge in [-0.25, -0.2) is 0 Å². The van der Waals surface area contributed by atoms with Crippen molar-refractivity contribution in [2.75, 3.05) is 37.6 Å². The molecule has 7 heteroatoms. The number of ketones is 1. The molecule has 2 rings (SSSR count). The molecule has 1 aromatic rings. The number of hydrogen-bond donors (Lipinski definition) is 1. The predicted octanol–water partition coefficient (Wildman–Crippen LogP) is 2.11. The molecule has 0 aromatic heterocycles. The van der Waals surface area contributed by atoms with E-state index in [2.05, 4.69) is 10.2 Å². The topological polar surface area (TPSA) is 69.7 Å². The maximum absolute atomic E-state index is 12.3. The summed E-state index contributed by atoms with van der Waals surface area (Å²) >= 11 is 6.02. The van der Waals surface area contributed by atoms with Crippen LogP contribution in [-0.4, -0.2) is 55.2 Å². The van der Waals surface area contributed by atoms with E-state index in [9.17, 15) is 14.4 Å². The van der Waals surface area contributed by atoms with Crippen LogP contribution in [0.4, 0.5) is 5.69 Å². The number of nitrogens with zero attached hydrogens (tertiary/aromatic N) is 2. The molecule has 1 aliphatic heterocycles. The van der Waals surface area contributed by atoms with Crippen molar-refractivity contribution in [1.82, 2.24) is 10.2 Å². The average molecular weight is 380 g/mol. The lowest BCUT2D eigenvalue weighted by Crippen LogP contribution is -2.51. The summed E-state index contributed by atoms with van der Waals surface area (Å²) in [5.74, 6) is -1.54. The number of amides is 2. The van der Waals surface area contributed by atoms with E-state index in [0.717, 1.165) is 5.69 Å². The van der Waals surface area contributed by atoms with Gasteiger partial charge in [0.25, 0.3) is 5.91 Å². The number of halogens is 1. The minimum Gasteiger partial charge on any atom is -0.368 e. The lowest BCUT2D eigenvalue weighted by atomic mass is 9.98. The zero-order chi connectivity index (χ0) is 19.1. The quantitative estimate of drug-likeness (QED) is 0.737. The molecule has 0 saturated carbocycles. The van der Waals surface area contributed by atoms with Crippen molar-refractivity contribution in [3.8, 4) is 0 Å². The van der Waals surface area contributed by atoms with Crippen LogP contribution in [0.2, 0.25) is 5.02 Å². The Morgan fingerprint density at radius 1 is 1.12 bits per heavy atom. The monoisotopic (exact) mass is 379 g/mol.